The number of carbonyl (C=O) groups excluding carboxylic acids is 1. The molecule has 0 atom stereocenters. The van der Waals surface area contributed by atoms with Gasteiger partial charge in [-0.25, -0.2) is 4.98 Å². The number of nitrogens with zero attached hydrogens (tertiary/aromatic N) is 2. The lowest BCUT2D eigenvalue weighted by atomic mass is 10.2. The number of amides is 1. The molecule has 20 heavy (non-hydrogen) atoms. The lowest BCUT2D eigenvalue weighted by molar-refractivity contribution is 0.0950. The van der Waals surface area contributed by atoms with Crippen molar-refractivity contribution in [3.05, 3.63) is 42.1 Å². The van der Waals surface area contributed by atoms with E-state index in [9.17, 15) is 4.79 Å². The number of rotatable bonds is 4. The number of fused-ring (bicyclic) bond motifs is 1. The van der Waals surface area contributed by atoms with Crippen LogP contribution in [0.5, 0.6) is 0 Å². The fraction of sp³-hybridized carbons (Fsp3) is 0.154. The summed E-state index contributed by atoms with van der Waals surface area (Å²) in [6.07, 6.45) is 4.04. The normalized spacial score (nSPS) is 10.8. The number of imidazole rings is 1. The molecular weight excluding hydrogens is 256 g/mol. The summed E-state index contributed by atoms with van der Waals surface area (Å²) in [5.74, 6) is -0.221. The molecule has 1 aromatic carbocycles. The Morgan fingerprint density at radius 3 is 3.10 bits per heavy atom. The molecule has 2 heterocycles. The topological polar surface area (TPSA) is 112 Å². The van der Waals surface area contributed by atoms with E-state index in [2.05, 4.69) is 25.5 Å². The fourth-order valence-corrected chi connectivity index (χ4v) is 2.02. The molecule has 102 valence electrons. The second-order valence-corrected chi connectivity index (χ2v) is 4.46. The Labute approximate surface area is 114 Å². The predicted molar refractivity (Wildman–Crippen MR) is 75.1 cm³/mol. The fourth-order valence-electron chi connectivity index (χ4n) is 2.02. The molecule has 3 rings (SSSR count). The summed E-state index contributed by atoms with van der Waals surface area (Å²) < 4.78 is 0. The predicted octanol–water partition coefficient (Wildman–Crippen LogP) is 0.841. The van der Waals surface area contributed by atoms with Gasteiger partial charge in [-0.1, -0.05) is 0 Å². The number of aromatic nitrogens is 4. The third kappa shape index (κ3) is 2.33. The van der Waals surface area contributed by atoms with Gasteiger partial charge in [-0.3, -0.25) is 9.89 Å². The molecule has 0 aliphatic carbocycles. The van der Waals surface area contributed by atoms with E-state index in [0.717, 1.165) is 16.6 Å². The van der Waals surface area contributed by atoms with Gasteiger partial charge in [-0.15, -0.1) is 0 Å². The van der Waals surface area contributed by atoms with E-state index in [-0.39, 0.29) is 5.91 Å². The molecule has 0 saturated carbocycles. The second-order valence-electron chi connectivity index (χ2n) is 4.46. The third-order valence-electron chi connectivity index (χ3n) is 3.04. The molecule has 3 aromatic rings. The van der Waals surface area contributed by atoms with Crippen molar-refractivity contribution in [3.8, 4) is 0 Å². The molecule has 7 nitrogen and oxygen atoms in total. The molecule has 1 amide bonds. The van der Waals surface area contributed by atoms with Crippen LogP contribution in [0.4, 0.5) is 5.69 Å². The highest BCUT2D eigenvalue weighted by atomic mass is 16.1. The van der Waals surface area contributed by atoms with Gasteiger partial charge in [0.05, 0.1) is 11.8 Å². The summed E-state index contributed by atoms with van der Waals surface area (Å²) in [5.41, 5.74) is 8.46. The quantitative estimate of drug-likeness (QED) is 0.526. The van der Waals surface area contributed by atoms with Crippen molar-refractivity contribution in [2.75, 3.05) is 12.3 Å². The maximum Gasteiger partial charge on any atom is 0.272 e. The molecule has 0 aliphatic rings. The minimum Gasteiger partial charge on any atom is -0.399 e. The Morgan fingerprint density at radius 2 is 2.30 bits per heavy atom. The van der Waals surface area contributed by atoms with E-state index in [0.29, 0.717) is 24.3 Å². The number of hydrogen-bond donors (Lipinski definition) is 4. The summed E-state index contributed by atoms with van der Waals surface area (Å²) in [6, 6.07) is 5.31. The monoisotopic (exact) mass is 270 g/mol. The van der Waals surface area contributed by atoms with Crippen LogP contribution in [0.2, 0.25) is 0 Å². The van der Waals surface area contributed by atoms with Gasteiger partial charge in [0.2, 0.25) is 0 Å². The first-order valence-corrected chi connectivity index (χ1v) is 6.23. The number of nitrogen functional groups attached to an aromatic ring is 1. The Bertz CT molecular complexity index is 730. The minimum atomic E-state index is -0.221. The smallest absolute Gasteiger partial charge is 0.272 e. The maximum absolute atomic E-state index is 12.1. The molecule has 7 heteroatoms. The lowest BCUT2D eigenvalue weighted by Crippen LogP contribution is -2.26. The van der Waals surface area contributed by atoms with Crippen LogP contribution >= 0.6 is 0 Å². The second kappa shape index (κ2) is 5.04. The largest absolute Gasteiger partial charge is 0.399 e. The Kier molecular flexibility index (Phi) is 3.08. The van der Waals surface area contributed by atoms with Gasteiger partial charge >= 0.3 is 0 Å². The summed E-state index contributed by atoms with van der Waals surface area (Å²) >= 11 is 0. The van der Waals surface area contributed by atoms with E-state index in [1.807, 2.05) is 0 Å². The van der Waals surface area contributed by atoms with Gasteiger partial charge in [-0.05, 0) is 18.2 Å². The summed E-state index contributed by atoms with van der Waals surface area (Å²) in [6.45, 7) is 0.512. The van der Waals surface area contributed by atoms with Gasteiger partial charge in [-0.2, -0.15) is 5.10 Å². The molecule has 0 saturated heterocycles. The van der Waals surface area contributed by atoms with E-state index in [1.54, 1.807) is 30.7 Å². The van der Waals surface area contributed by atoms with E-state index < -0.39 is 0 Å². The number of hydrogen-bond acceptors (Lipinski definition) is 4. The molecule has 0 radical (unpaired) electrons. The van der Waals surface area contributed by atoms with Crippen molar-refractivity contribution >= 4 is 22.5 Å². The molecule has 0 aliphatic heterocycles. The van der Waals surface area contributed by atoms with Crippen molar-refractivity contribution in [3.63, 3.8) is 0 Å². The van der Waals surface area contributed by atoms with E-state index >= 15 is 0 Å². The third-order valence-corrected chi connectivity index (χ3v) is 3.04. The first-order valence-electron chi connectivity index (χ1n) is 6.23. The first kappa shape index (κ1) is 12.2. The van der Waals surface area contributed by atoms with Crippen LogP contribution in [0.25, 0.3) is 10.9 Å². The Balaban J connectivity index is 1.70. The van der Waals surface area contributed by atoms with Crippen LogP contribution in [0.3, 0.4) is 0 Å². The van der Waals surface area contributed by atoms with Crippen LogP contribution in [0.1, 0.15) is 16.2 Å². The van der Waals surface area contributed by atoms with Crippen LogP contribution in [0, 0.1) is 0 Å². The van der Waals surface area contributed by atoms with Crippen molar-refractivity contribution < 1.29 is 4.79 Å². The molecular formula is C13H14N6O. The Morgan fingerprint density at radius 1 is 1.40 bits per heavy atom. The van der Waals surface area contributed by atoms with Crippen LogP contribution in [-0.2, 0) is 6.42 Å². The van der Waals surface area contributed by atoms with Gasteiger partial charge in [0.25, 0.3) is 5.91 Å². The van der Waals surface area contributed by atoms with Gasteiger partial charge in [0.15, 0.2) is 5.69 Å². The highest BCUT2D eigenvalue weighted by molar-refractivity contribution is 6.05. The SMILES string of the molecule is Nc1ccc2[nH]nc(C(=O)NCCc3cnc[nH]3)c2c1. The maximum atomic E-state index is 12.1. The summed E-state index contributed by atoms with van der Waals surface area (Å²) in [7, 11) is 0. The molecule has 5 N–H and O–H groups in total. The molecule has 0 bridgehead atoms. The van der Waals surface area contributed by atoms with Crippen LogP contribution < -0.4 is 11.1 Å². The summed E-state index contributed by atoms with van der Waals surface area (Å²) in [4.78, 5) is 19.0. The van der Waals surface area contributed by atoms with Gasteiger partial charge in [0, 0.05) is 35.9 Å². The number of benzene rings is 1. The molecule has 2 aromatic heterocycles. The first-order chi connectivity index (χ1) is 9.74. The highest BCUT2D eigenvalue weighted by Crippen LogP contribution is 2.18. The van der Waals surface area contributed by atoms with Crippen molar-refractivity contribution in [2.24, 2.45) is 0 Å². The Hall–Kier alpha value is -2.83. The average Bonchev–Trinajstić information content (AvgIpc) is 3.07. The van der Waals surface area contributed by atoms with Crippen molar-refractivity contribution in [1.82, 2.24) is 25.5 Å². The van der Waals surface area contributed by atoms with E-state index in [4.69, 9.17) is 5.73 Å². The van der Waals surface area contributed by atoms with Crippen molar-refractivity contribution in [2.45, 2.75) is 6.42 Å². The molecule has 0 spiro atoms. The van der Waals surface area contributed by atoms with Gasteiger partial charge < -0.3 is 16.0 Å². The van der Waals surface area contributed by atoms with Gasteiger partial charge in [0.1, 0.15) is 0 Å². The molecule has 0 fully saturated rings. The highest BCUT2D eigenvalue weighted by Gasteiger charge is 2.13. The zero-order valence-electron chi connectivity index (χ0n) is 10.7. The van der Waals surface area contributed by atoms with Crippen LogP contribution in [-0.4, -0.2) is 32.6 Å². The number of H-pyrrole nitrogens is 2. The number of anilines is 1. The van der Waals surface area contributed by atoms with E-state index in [1.165, 1.54) is 0 Å². The zero-order valence-corrected chi connectivity index (χ0v) is 10.7. The lowest BCUT2D eigenvalue weighted by Gasteiger charge is -2.02. The number of aromatic amines is 2. The van der Waals surface area contributed by atoms with Crippen molar-refractivity contribution in [1.29, 1.82) is 0 Å². The standard InChI is InChI=1S/C13H14N6O/c14-8-1-2-11-10(5-8)12(19-18-11)13(20)16-4-3-9-6-15-7-17-9/h1-2,5-7H,3-4,14H2,(H,15,17)(H,16,20)(H,18,19). The van der Waals surface area contributed by atoms with Crippen LogP contribution in [0.15, 0.2) is 30.7 Å². The number of nitrogens with one attached hydrogen (secondary N) is 3. The number of carbonyl (C=O) groups is 1. The summed E-state index contributed by atoms with van der Waals surface area (Å²) in [5, 5.41) is 10.4. The zero-order chi connectivity index (χ0) is 13.9. The molecule has 0 unspecified atom stereocenters. The number of nitrogens with two attached hydrogens (primary N) is 1. The minimum absolute atomic E-state index is 0.221. The average molecular weight is 270 g/mol.